The minimum absolute atomic E-state index is 0.562. The Balaban J connectivity index is 1.62. The second-order valence-electron chi connectivity index (χ2n) is 5.84. The Morgan fingerprint density at radius 3 is 2.56 bits per heavy atom. The summed E-state index contributed by atoms with van der Waals surface area (Å²) >= 11 is 12.1. The van der Waals surface area contributed by atoms with Crippen LogP contribution >= 0.6 is 23.2 Å². The van der Waals surface area contributed by atoms with Crippen molar-refractivity contribution in [2.24, 2.45) is 0 Å². The van der Waals surface area contributed by atoms with Crippen LogP contribution in [0, 0.1) is 6.92 Å². The molecule has 128 valence electrons. The molecule has 0 aromatic heterocycles. The van der Waals surface area contributed by atoms with Crippen molar-refractivity contribution in [1.29, 1.82) is 0 Å². The van der Waals surface area contributed by atoms with Crippen molar-refractivity contribution >= 4 is 28.9 Å². The maximum absolute atomic E-state index is 6.19. The Kier molecular flexibility index (Phi) is 5.85. The summed E-state index contributed by atoms with van der Waals surface area (Å²) in [5.41, 5.74) is 4.40. The van der Waals surface area contributed by atoms with Gasteiger partial charge in [0.1, 0.15) is 12.4 Å². The van der Waals surface area contributed by atoms with Crippen LogP contribution in [0.3, 0.4) is 0 Å². The first-order chi connectivity index (χ1) is 12.1. The molecule has 4 heteroatoms. The van der Waals surface area contributed by atoms with Gasteiger partial charge in [-0.2, -0.15) is 0 Å². The van der Waals surface area contributed by atoms with E-state index in [1.165, 1.54) is 11.1 Å². The molecule has 0 saturated heterocycles. The summed E-state index contributed by atoms with van der Waals surface area (Å²) in [6.45, 7) is 3.31. The number of nitrogens with one attached hydrogen (secondary N) is 1. The largest absolute Gasteiger partial charge is 0.489 e. The average Bonchev–Trinajstić information content (AvgIpc) is 2.61. The monoisotopic (exact) mass is 371 g/mol. The fourth-order valence-electron chi connectivity index (χ4n) is 2.51. The Morgan fingerprint density at radius 1 is 0.920 bits per heavy atom. The molecule has 0 bridgehead atoms. The van der Waals surface area contributed by atoms with Crippen molar-refractivity contribution in [2.45, 2.75) is 20.1 Å². The molecule has 1 N–H and O–H groups in total. The lowest BCUT2D eigenvalue weighted by Crippen LogP contribution is -2.01. The highest BCUT2D eigenvalue weighted by Crippen LogP contribution is 2.26. The van der Waals surface area contributed by atoms with E-state index in [0.717, 1.165) is 17.0 Å². The van der Waals surface area contributed by atoms with Crippen LogP contribution in [0.4, 0.5) is 5.69 Å². The zero-order chi connectivity index (χ0) is 17.6. The molecule has 0 radical (unpaired) electrons. The molecular formula is C21H19Cl2NO. The van der Waals surface area contributed by atoms with Gasteiger partial charge in [-0.15, -0.1) is 0 Å². The molecular weight excluding hydrogens is 353 g/mol. The van der Waals surface area contributed by atoms with Crippen molar-refractivity contribution < 1.29 is 4.74 Å². The van der Waals surface area contributed by atoms with Crippen LogP contribution in [0.1, 0.15) is 16.7 Å². The molecule has 0 amide bonds. The van der Waals surface area contributed by atoms with E-state index in [1.54, 1.807) is 6.07 Å². The molecule has 3 aromatic rings. The molecule has 3 rings (SSSR count). The third kappa shape index (κ3) is 4.91. The molecule has 0 aliphatic rings. The van der Waals surface area contributed by atoms with Crippen LogP contribution in [0.15, 0.2) is 66.7 Å². The van der Waals surface area contributed by atoms with Gasteiger partial charge in [-0.3, -0.25) is 0 Å². The quantitative estimate of drug-likeness (QED) is 0.534. The van der Waals surface area contributed by atoms with Crippen LogP contribution in [0.5, 0.6) is 5.75 Å². The minimum Gasteiger partial charge on any atom is -0.489 e. The molecule has 3 aromatic carbocycles. The van der Waals surface area contributed by atoms with E-state index < -0.39 is 0 Å². The molecule has 0 heterocycles. The van der Waals surface area contributed by atoms with E-state index in [-0.39, 0.29) is 0 Å². The van der Waals surface area contributed by atoms with Gasteiger partial charge in [-0.1, -0.05) is 59.6 Å². The predicted octanol–water partition coefficient (Wildman–Crippen LogP) is 6.49. The van der Waals surface area contributed by atoms with E-state index in [0.29, 0.717) is 23.2 Å². The first kappa shape index (κ1) is 17.7. The van der Waals surface area contributed by atoms with Crippen molar-refractivity contribution in [3.63, 3.8) is 0 Å². The van der Waals surface area contributed by atoms with Gasteiger partial charge in [-0.25, -0.2) is 0 Å². The van der Waals surface area contributed by atoms with Gasteiger partial charge in [0.25, 0.3) is 0 Å². The summed E-state index contributed by atoms with van der Waals surface area (Å²) < 4.78 is 5.93. The number of benzene rings is 3. The van der Waals surface area contributed by atoms with Gasteiger partial charge in [0.05, 0.1) is 10.7 Å². The van der Waals surface area contributed by atoms with Gasteiger partial charge in [0.15, 0.2) is 0 Å². The van der Waals surface area contributed by atoms with E-state index in [2.05, 4.69) is 30.4 Å². The first-order valence-electron chi connectivity index (χ1n) is 8.07. The standard InChI is InChI=1S/C21H19Cl2NO/c1-15-5-2-3-7-17(15)14-25-19-8-4-6-16(11-19)13-24-21-10-9-18(22)12-20(21)23/h2-12,24H,13-14H2,1H3. The molecule has 0 spiro atoms. The molecule has 0 atom stereocenters. The van der Waals surface area contributed by atoms with Crippen LogP contribution in [0.2, 0.25) is 10.0 Å². The van der Waals surface area contributed by atoms with Gasteiger partial charge in [-0.05, 0) is 53.9 Å². The minimum atomic E-state index is 0.562. The van der Waals surface area contributed by atoms with Crippen molar-refractivity contribution in [3.05, 3.63) is 93.5 Å². The number of ether oxygens (including phenoxy) is 1. The molecule has 0 aliphatic carbocycles. The highest BCUT2D eigenvalue weighted by atomic mass is 35.5. The van der Waals surface area contributed by atoms with E-state index in [1.807, 2.05) is 42.5 Å². The lowest BCUT2D eigenvalue weighted by molar-refractivity contribution is 0.305. The van der Waals surface area contributed by atoms with Gasteiger partial charge < -0.3 is 10.1 Å². The molecule has 0 unspecified atom stereocenters. The number of hydrogen-bond donors (Lipinski definition) is 1. The van der Waals surface area contributed by atoms with Gasteiger partial charge >= 0.3 is 0 Å². The van der Waals surface area contributed by atoms with E-state index in [4.69, 9.17) is 27.9 Å². The van der Waals surface area contributed by atoms with Gasteiger partial charge in [0.2, 0.25) is 0 Å². The maximum atomic E-state index is 6.19. The maximum Gasteiger partial charge on any atom is 0.120 e. The Bertz CT molecular complexity index is 864. The van der Waals surface area contributed by atoms with Crippen LogP contribution in [-0.2, 0) is 13.2 Å². The SMILES string of the molecule is Cc1ccccc1COc1cccc(CNc2ccc(Cl)cc2Cl)c1. The highest BCUT2D eigenvalue weighted by molar-refractivity contribution is 6.36. The number of aryl methyl sites for hydroxylation is 1. The molecule has 25 heavy (non-hydrogen) atoms. The summed E-state index contributed by atoms with van der Waals surface area (Å²) in [7, 11) is 0. The number of anilines is 1. The average molecular weight is 372 g/mol. The Labute approximate surface area is 158 Å². The van der Waals surface area contributed by atoms with Crippen LogP contribution in [-0.4, -0.2) is 0 Å². The Hall–Kier alpha value is -2.16. The molecule has 0 saturated carbocycles. The van der Waals surface area contributed by atoms with E-state index >= 15 is 0 Å². The number of rotatable bonds is 6. The number of halogens is 2. The lowest BCUT2D eigenvalue weighted by atomic mass is 10.1. The summed E-state index contributed by atoms with van der Waals surface area (Å²) in [6.07, 6.45) is 0. The van der Waals surface area contributed by atoms with E-state index in [9.17, 15) is 0 Å². The third-order valence-corrected chi connectivity index (χ3v) is 4.52. The molecule has 2 nitrogen and oxygen atoms in total. The summed E-state index contributed by atoms with van der Waals surface area (Å²) in [5, 5.41) is 4.56. The second-order valence-corrected chi connectivity index (χ2v) is 6.68. The summed E-state index contributed by atoms with van der Waals surface area (Å²) in [5.74, 6) is 0.852. The van der Waals surface area contributed by atoms with Crippen LogP contribution in [0.25, 0.3) is 0 Å². The summed E-state index contributed by atoms with van der Waals surface area (Å²) in [4.78, 5) is 0. The lowest BCUT2D eigenvalue weighted by Gasteiger charge is -2.12. The van der Waals surface area contributed by atoms with Gasteiger partial charge in [0, 0.05) is 11.6 Å². The third-order valence-electron chi connectivity index (χ3n) is 3.97. The fourth-order valence-corrected chi connectivity index (χ4v) is 2.98. The van der Waals surface area contributed by atoms with Crippen molar-refractivity contribution in [1.82, 2.24) is 0 Å². The summed E-state index contributed by atoms with van der Waals surface area (Å²) in [6, 6.07) is 21.7. The van der Waals surface area contributed by atoms with Crippen molar-refractivity contribution in [3.8, 4) is 5.75 Å². The normalized spacial score (nSPS) is 10.5. The fraction of sp³-hybridized carbons (Fsp3) is 0.143. The van der Waals surface area contributed by atoms with Crippen molar-refractivity contribution in [2.75, 3.05) is 5.32 Å². The zero-order valence-corrected chi connectivity index (χ0v) is 15.4. The van der Waals surface area contributed by atoms with Crippen LogP contribution < -0.4 is 10.1 Å². The zero-order valence-electron chi connectivity index (χ0n) is 13.9. The molecule has 0 aliphatic heterocycles. The predicted molar refractivity (Wildman–Crippen MR) is 106 cm³/mol. The second kappa shape index (κ2) is 8.28. The Morgan fingerprint density at radius 2 is 1.76 bits per heavy atom. The highest BCUT2D eigenvalue weighted by Gasteiger charge is 2.03. The first-order valence-corrected chi connectivity index (χ1v) is 8.82. The topological polar surface area (TPSA) is 21.3 Å². The number of hydrogen-bond acceptors (Lipinski definition) is 2. The molecule has 0 fully saturated rings. The smallest absolute Gasteiger partial charge is 0.120 e.